The van der Waals surface area contributed by atoms with E-state index in [1.54, 1.807) is 56.5 Å². The van der Waals surface area contributed by atoms with Crippen LogP contribution in [0.2, 0.25) is 13.6 Å². The molecule has 0 saturated carbocycles. The van der Waals surface area contributed by atoms with Gasteiger partial charge in [-0.05, 0) is 98.0 Å². The summed E-state index contributed by atoms with van der Waals surface area (Å²) in [5.41, 5.74) is 13.3. The highest BCUT2D eigenvalue weighted by Crippen LogP contribution is 2.40. The number of amides is 1. The van der Waals surface area contributed by atoms with Crippen LogP contribution >= 0.6 is 21.6 Å². The van der Waals surface area contributed by atoms with E-state index < -0.39 is 12.1 Å². The van der Waals surface area contributed by atoms with Crippen molar-refractivity contribution in [1.82, 2.24) is 24.3 Å². The number of nitrogens with two attached hydrogens (primary N) is 1. The molecule has 3 aromatic heterocycles. The third-order valence-electron chi connectivity index (χ3n) is 12.2. The van der Waals surface area contributed by atoms with Crippen LogP contribution in [0.15, 0.2) is 82.8 Å². The SMILES string of the molecule is C=C1CCN(C(=O)c2cc(OC)c(OCCCCCOc3ccc4nc5c(c(CC)c4c3)Cn3c-5cc4c(c3=O)COC(=O)C4OB(C)C)cc2N)C1.CN1CCOC1.O=COCCSSc1ccccn1. The molecule has 382 valence electrons. The molecule has 1 unspecified atom stereocenters. The molecule has 0 spiro atoms. The van der Waals surface area contributed by atoms with Crippen molar-refractivity contribution in [3.05, 3.63) is 111 Å². The van der Waals surface area contributed by atoms with Crippen molar-refractivity contribution >= 4 is 63.4 Å². The molecule has 2 N–H and O–H groups in total. The van der Waals surface area contributed by atoms with Crippen molar-refractivity contribution in [3.63, 3.8) is 0 Å². The zero-order valence-corrected chi connectivity index (χ0v) is 43.3. The summed E-state index contributed by atoms with van der Waals surface area (Å²) in [4.78, 5) is 62.2. The van der Waals surface area contributed by atoms with Crippen LogP contribution in [0, 0.1) is 0 Å². The van der Waals surface area contributed by atoms with Crippen molar-refractivity contribution in [2.75, 3.05) is 78.4 Å². The number of aromatic nitrogens is 3. The Labute approximate surface area is 428 Å². The molecule has 2 aromatic carbocycles. The van der Waals surface area contributed by atoms with Crippen LogP contribution < -0.4 is 25.5 Å². The molecule has 0 bridgehead atoms. The van der Waals surface area contributed by atoms with Crippen molar-refractivity contribution < 1.29 is 47.5 Å². The minimum Gasteiger partial charge on any atom is -0.494 e. The number of esters is 1. The Balaban J connectivity index is 0.000000333. The van der Waals surface area contributed by atoms with Gasteiger partial charge in [-0.1, -0.05) is 49.6 Å². The van der Waals surface area contributed by atoms with Crippen LogP contribution in [0.5, 0.6) is 17.2 Å². The van der Waals surface area contributed by atoms with Gasteiger partial charge in [-0.3, -0.25) is 19.3 Å². The summed E-state index contributed by atoms with van der Waals surface area (Å²) in [5.74, 6) is 1.89. The second kappa shape index (κ2) is 26.1. The second-order valence-corrected chi connectivity index (χ2v) is 20.1. The molecule has 1 amide bonds. The number of carbonyl (C=O) groups is 3. The van der Waals surface area contributed by atoms with Gasteiger partial charge < -0.3 is 48.3 Å². The van der Waals surface area contributed by atoms with Gasteiger partial charge in [-0.15, -0.1) is 0 Å². The molecule has 7 heterocycles. The van der Waals surface area contributed by atoms with Crippen LogP contribution in [0.1, 0.15) is 71.3 Å². The van der Waals surface area contributed by atoms with Gasteiger partial charge in [0.2, 0.25) is 0 Å². The van der Waals surface area contributed by atoms with E-state index in [9.17, 15) is 19.2 Å². The van der Waals surface area contributed by atoms with Crippen LogP contribution in [-0.2, 0) is 48.0 Å². The maximum absolute atomic E-state index is 13.7. The van der Waals surface area contributed by atoms with Crippen molar-refractivity contribution in [3.8, 4) is 28.6 Å². The number of carbonyl (C=O) groups excluding carboxylic acids is 3. The molecule has 20 heteroatoms. The van der Waals surface area contributed by atoms with Crippen LogP contribution in [-0.4, -0.2) is 122 Å². The summed E-state index contributed by atoms with van der Waals surface area (Å²) in [5, 5.41) is 1.97. The molecule has 0 radical (unpaired) electrons. The minimum atomic E-state index is -0.945. The molecule has 5 aromatic rings. The number of likely N-dealkylation sites (tertiary alicyclic amines) is 1. The summed E-state index contributed by atoms with van der Waals surface area (Å²) < 4.78 is 40.2. The van der Waals surface area contributed by atoms with Crippen molar-refractivity contribution in [2.45, 2.75) is 77.0 Å². The lowest BCUT2D eigenvalue weighted by Gasteiger charge is -2.26. The van der Waals surface area contributed by atoms with Gasteiger partial charge in [0.25, 0.3) is 24.9 Å². The van der Waals surface area contributed by atoms with E-state index in [1.807, 2.05) is 63.2 Å². The Hall–Kier alpha value is -6.06. The molecule has 72 heavy (non-hydrogen) atoms. The predicted octanol–water partition coefficient (Wildman–Crippen LogP) is 7.88. The molecule has 4 aliphatic heterocycles. The standard InChI is InChI=1S/C40H45BN4O8.C8H9NO2S2.C4H9NO/c1-6-25-26-16-24(50-14-8-7-9-15-51-35-19-31(42)28(18-34(35)49-5)38(46)44-13-12-23(2)20-44)10-11-32(26)43-36-29(25)21-45-33(36)17-27-30(39(45)47)22-52-40(48)37(27)53-41(3)4;10-7-11-5-6-12-13-8-3-1-2-4-9-8;1-5-2-3-6-4-5/h10-11,16-19,37H,2,6-9,12-15,20-22,42H2,1,3-5H3;1-4,7H,5-6H2;2-4H2,1H3. The average Bonchev–Trinajstić information content (AvgIpc) is 4.14. The Morgan fingerprint density at radius 2 is 1.82 bits per heavy atom. The number of fused-ring (bicyclic) bond motifs is 5. The molecule has 4 aliphatic rings. The van der Waals surface area contributed by atoms with Gasteiger partial charge in [-0.25, -0.2) is 14.8 Å². The summed E-state index contributed by atoms with van der Waals surface area (Å²) in [7, 11) is 6.79. The van der Waals surface area contributed by atoms with Crippen LogP contribution in [0.3, 0.4) is 0 Å². The number of likely N-dealkylation sites (N-methyl/N-ethyl adjacent to an activating group) is 1. The number of ether oxygens (including phenoxy) is 6. The number of hydrogen-bond acceptors (Lipinski definition) is 17. The van der Waals surface area contributed by atoms with Crippen LogP contribution in [0.25, 0.3) is 22.3 Å². The Morgan fingerprint density at radius 1 is 1.00 bits per heavy atom. The predicted molar refractivity (Wildman–Crippen MR) is 281 cm³/mol. The molecule has 2 fully saturated rings. The molecular weight excluding hydrogens is 960 g/mol. The molecule has 17 nitrogen and oxygen atoms in total. The number of aryl methyl sites for hydroxylation is 1. The fraction of sp³-hybridized carbons (Fsp3) is 0.423. The number of benzene rings is 2. The van der Waals surface area contributed by atoms with E-state index >= 15 is 0 Å². The fourth-order valence-corrected chi connectivity index (χ4v) is 10.3. The quantitative estimate of drug-likeness (QED) is 0.0156. The zero-order chi connectivity index (χ0) is 51.1. The summed E-state index contributed by atoms with van der Waals surface area (Å²) in [6.07, 6.45) is 4.87. The maximum atomic E-state index is 13.7. The number of anilines is 1. The van der Waals surface area contributed by atoms with E-state index in [0.29, 0.717) is 85.5 Å². The Morgan fingerprint density at radius 3 is 2.49 bits per heavy atom. The van der Waals surface area contributed by atoms with Gasteiger partial charge in [-0.2, -0.15) is 0 Å². The third-order valence-corrected chi connectivity index (χ3v) is 14.4. The lowest BCUT2D eigenvalue weighted by Crippen LogP contribution is -2.35. The number of nitrogens with zero attached hydrogens (tertiary/aromatic N) is 5. The number of pyridine rings is 3. The zero-order valence-electron chi connectivity index (χ0n) is 41.6. The van der Waals surface area contributed by atoms with Gasteiger partial charge in [0.15, 0.2) is 17.6 Å². The minimum absolute atomic E-state index is 0.0667. The Kier molecular flexibility index (Phi) is 19.5. The number of unbranched alkanes of at least 4 members (excludes halogenated alkanes) is 2. The fourth-order valence-electron chi connectivity index (χ4n) is 8.55. The topological polar surface area (TPSA) is 196 Å². The normalized spacial score (nSPS) is 15.6. The highest BCUT2D eigenvalue weighted by atomic mass is 33.1. The van der Waals surface area contributed by atoms with Gasteiger partial charge >= 0.3 is 5.97 Å². The summed E-state index contributed by atoms with van der Waals surface area (Å²) in [6, 6.07) is 16.9. The van der Waals surface area contributed by atoms with Crippen molar-refractivity contribution in [1.29, 1.82) is 0 Å². The first kappa shape index (κ1) is 53.7. The van der Waals surface area contributed by atoms with E-state index in [2.05, 4.69) is 28.1 Å². The Bertz CT molecular complexity index is 2780. The monoisotopic (exact) mass is 1020 g/mol. The number of methoxy groups -OCH3 is 1. The lowest BCUT2D eigenvalue weighted by molar-refractivity contribution is -0.156. The number of cyclic esters (lactones) is 1. The number of nitrogen functional groups attached to an aromatic ring is 1. The summed E-state index contributed by atoms with van der Waals surface area (Å²) in [6.45, 7) is 15.8. The van der Waals surface area contributed by atoms with E-state index in [0.717, 1.165) is 102 Å². The highest BCUT2D eigenvalue weighted by molar-refractivity contribution is 8.76. The second-order valence-electron chi connectivity index (χ2n) is 17.7. The van der Waals surface area contributed by atoms with E-state index in [-0.39, 0.29) is 25.0 Å². The third kappa shape index (κ3) is 13.5. The maximum Gasteiger partial charge on any atom is 0.338 e. The van der Waals surface area contributed by atoms with Gasteiger partial charge in [0, 0.05) is 59.9 Å². The molecular formula is C52H63BN6O11S2. The first-order valence-corrected chi connectivity index (χ1v) is 26.5. The molecule has 1 atom stereocenters. The average molecular weight is 1020 g/mol. The van der Waals surface area contributed by atoms with E-state index in [1.165, 1.54) is 0 Å². The lowest BCUT2D eigenvalue weighted by atomic mass is 9.74. The molecule has 2 saturated heterocycles. The summed E-state index contributed by atoms with van der Waals surface area (Å²) >= 11 is 0. The van der Waals surface area contributed by atoms with Crippen molar-refractivity contribution in [2.24, 2.45) is 0 Å². The molecule has 9 rings (SSSR count). The number of rotatable bonds is 19. The van der Waals surface area contributed by atoms with E-state index in [4.69, 9.17) is 39.1 Å². The molecule has 0 aliphatic carbocycles. The van der Waals surface area contributed by atoms with Gasteiger partial charge in [0.05, 0.1) is 68.2 Å². The van der Waals surface area contributed by atoms with Crippen LogP contribution in [0.4, 0.5) is 5.69 Å². The highest BCUT2D eigenvalue weighted by Gasteiger charge is 2.37. The first-order valence-electron chi connectivity index (χ1n) is 24.2. The van der Waals surface area contributed by atoms with Gasteiger partial charge in [0.1, 0.15) is 24.0 Å². The largest absolute Gasteiger partial charge is 0.494 e. The smallest absolute Gasteiger partial charge is 0.338 e. The number of hydrogen-bond donors (Lipinski definition) is 1. The first-order chi connectivity index (χ1) is 34.9.